The summed E-state index contributed by atoms with van der Waals surface area (Å²) in [7, 11) is 0. The summed E-state index contributed by atoms with van der Waals surface area (Å²) >= 11 is 0. The summed E-state index contributed by atoms with van der Waals surface area (Å²) in [5, 5.41) is 10.2. The number of rotatable bonds is 1. The van der Waals surface area contributed by atoms with E-state index in [4.69, 9.17) is 0 Å². The van der Waals surface area contributed by atoms with Crippen LogP contribution < -0.4 is 5.32 Å². The molecule has 1 aliphatic heterocycles. The zero-order valence-corrected chi connectivity index (χ0v) is 9.58. The molecule has 3 heterocycles. The van der Waals surface area contributed by atoms with E-state index >= 15 is 0 Å². The fraction of sp³-hybridized carbons (Fsp3) is 0.167. The highest BCUT2D eigenvalue weighted by atomic mass is 16.2. The first-order chi connectivity index (χ1) is 8.83. The van der Waals surface area contributed by atoms with Gasteiger partial charge in [-0.05, 0) is 29.3 Å². The lowest BCUT2D eigenvalue weighted by Crippen LogP contribution is -2.30. The average molecular weight is 241 g/mol. The monoisotopic (exact) mass is 241 g/mol. The van der Waals surface area contributed by atoms with E-state index in [0.29, 0.717) is 18.9 Å². The zero-order chi connectivity index (χ0) is 12.4. The van der Waals surface area contributed by atoms with Crippen molar-refractivity contribution in [2.45, 2.75) is 13.1 Å². The van der Waals surface area contributed by atoms with E-state index in [1.54, 1.807) is 35.6 Å². The number of fused-ring (bicyclic) bond motifs is 1. The maximum atomic E-state index is 12.0. The van der Waals surface area contributed by atoms with Gasteiger partial charge in [-0.2, -0.15) is 5.10 Å². The normalized spacial score (nSPS) is 13.2. The number of nitrogens with one attached hydrogen (secondary N) is 1. The molecular weight excluding hydrogens is 230 g/mol. The van der Waals surface area contributed by atoms with Gasteiger partial charge in [0.2, 0.25) is 0 Å². The van der Waals surface area contributed by atoms with Crippen molar-refractivity contribution in [2.75, 3.05) is 5.32 Å². The van der Waals surface area contributed by atoms with Gasteiger partial charge < -0.3 is 4.90 Å². The summed E-state index contributed by atoms with van der Waals surface area (Å²) in [6.07, 6.45) is 5.10. The van der Waals surface area contributed by atoms with Crippen LogP contribution in [0.25, 0.3) is 0 Å². The van der Waals surface area contributed by atoms with Crippen LogP contribution in [0.15, 0.2) is 36.8 Å². The highest BCUT2D eigenvalue weighted by Gasteiger charge is 2.23. The molecule has 18 heavy (non-hydrogen) atoms. The minimum atomic E-state index is -0.174. The van der Waals surface area contributed by atoms with Crippen LogP contribution in [0.5, 0.6) is 0 Å². The van der Waals surface area contributed by atoms with Crippen molar-refractivity contribution in [3.8, 4) is 0 Å². The second kappa shape index (κ2) is 4.40. The molecule has 0 saturated carbocycles. The summed E-state index contributed by atoms with van der Waals surface area (Å²) in [6.45, 7) is 1.18. The smallest absolute Gasteiger partial charge is 0.316 e. The van der Waals surface area contributed by atoms with Gasteiger partial charge >= 0.3 is 6.03 Å². The minimum Gasteiger partial charge on any atom is -0.316 e. The van der Waals surface area contributed by atoms with Gasteiger partial charge in [-0.3, -0.25) is 10.3 Å². The van der Waals surface area contributed by atoms with Gasteiger partial charge in [0.25, 0.3) is 0 Å². The topological polar surface area (TPSA) is 71.0 Å². The van der Waals surface area contributed by atoms with E-state index in [1.807, 2.05) is 6.07 Å². The molecule has 1 N–H and O–H groups in total. The van der Waals surface area contributed by atoms with Crippen LogP contribution in [0.4, 0.5) is 10.6 Å². The molecule has 0 atom stereocenters. The Bertz CT molecular complexity index is 547. The Morgan fingerprint density at radius 1 is 1.22 bits per heavy atom. The summed E-state index contributed by atoms with van der Waals surface area (Å²) in [5.41, 5.74) is 2.23. The van der Waals surface area contributed by atoms with Gasteiger partial charge in [0.15, 0.2) is 5.82 Å². The molecule has 2 aromatic heterocycles. The molecule has 0 bridgehead atoms. The van der Waals surface area contributed by atoms with Crippen molar-refractivity contribution in [2.24, 2.45) is 0 Å². The molecule has 0 unspecified atom stereocenters. The lowest BCUT2D eigenvalue weighted by atomic mass is 10.2. The third kappa shape index (κ3) is 2.00. The van der Waals surface area contributed by atoms with Crippen molar-refractivity contribution in [1.29, 1.82) is 0 Å². The van der Waals surface area contributed by atoms with Gasteiger partial charge in [0.05, 0.1) is 0 Å². The molecule has 2 aromatic rings. The molecule has 2 amide bonds. The van der Waals surface area contributed by atoms with Crippen LogP contribution in [0.2, 0.25) is 0 Å². The number of hydrogen-bond donors (Lipinski definition) is 1. The summed E-state index contributed by atoms with van der Waals surface area (Å²) < 4.78 is 0. The molecule has 0 aliphatic carbocycles. The molecule has 0 aromatic carbocycles. The number of amides is 2. The summed E-state index contributed by atoms with van der Waals surface area (Å²) in [5.74, 6) is 0.455. The fourth-order valence-corrected chi connectivity index (χ4v) is 1.92. The Kier molecular flexibility index (Phi) is 2.60. The standard InChI is InChI=1S/C12H11N5O/c18-12(15-11-2-1-4-14-16-11)17-7-9-3-5-13-6-10(9)8-17/h1-6H,7-8H2,(H,15,16,18). The highest BCUT2D eigenvalue weighted by Crippen LogP contribution is 2.21. The Balaban J connectivity index is 1.70. The lowest BCUT2D eigenvalue weighted by Gasteiger charge is -2.15. The molecule has 90 valence electrons. The number of urea groups is 1. The van der Waals surface area contributed by atoms with Gasteiger partial charge in [0.1, 0.15) is 0 Å². The predicted octanol–water partition coefficient (Wildman–Crippen LogP) is 1.42. The van der Waals surface area contributed by atoms with E-state index in [2.05, 4.69) is 20.5 Å². The number of pyridine rings is 1. The average Bonchev–Trinajstić information content (AvgIpc) is 2.84. The van der Waals surface area contributed by atoms with Crippen LogP contribution >= 0.6 is 0 Å². The molecule has 3 rings (SSSR count). The van der Waals surface area contributed by atoms with Crippen molar-refractivity contribution >= 4 is 11.8 Å². The predicted molar refractivity (Wildman–Crippen MR) is 64.5 cm³/mol. The Labute approximate surface area is 104 Å². The fourth-order valence-electron chi connectivity index (χ4n) is 1.92. The number of hydrogen-bond acceptors (Lipinski definition) is 4. The number of aromatic nitrogens is 3. The first kappa shape index (κ1) is 10.6. The molecule has 6 nitrogen and oxygen atoms in total. The van der Waals surface area contributed by atoms with Crippen LogP contribution in [-0.2, 0) is 13.1 Å². The minimum absolute atomic E-state index is 0.174. The van der Waals surface area contributed by atoms with Gasteiger partial charge in [0, 0.05) is 31.7 Å². The van der Waals surface area contributed by atoms with E-state index in [-0.39, 0.29) is 6.03 Å². The van der Waals surface area contributed by atoms with E-state index in [0.717, 1.165) is 11.1 Å². The zero-order valence-electron chi connectivity index (χ0n) is 9.58. The first-order valence-corrected chi connectivity index (χ1v) is 5.58. The van der Waals surface area contributed by atoms with Crippen molar-refractivity contribution < 1.29 is 4.79 Å². The van der Waals surface area contributed by atoms with Gasteiger partial charge in [-0.25, -0.2) is 4.79 Å². The van der Waals surface area contributed by atoms with Crippen molar-refractivity contribution in [1.82, 2.24) is 20.1 Å². The molecule has 1 aliphatic rings. The summed E-state index contributed by atoms with van der Waals surface area (Å²) in [4.78, 5) is 17.8. The Morgan fingerprint density at radius 2 is 2.11 bits per heavy atom. The SMILES string of the molecule is O=C(Nc1cccnn1)N1Cc2ccncc2C1. The molecular formula is C12H11N5O. The van der Waals surface area contributed by atoms with Crippen molar-refractivity contribution in [3.63, 3.8) is 0 Å². The maximum absolute atomic E-state index is 12.0. The number of carbonyl (C=O) groups excluding carboxylic acids is 1. The van der Waals surface area contributed by atoms with Crippen LogP contribution in [-0.4, -0.2) is 26.1 Å². The Hall–Kier alpha value is -2.50. The van der Waals surface area contributed by atoms with Crippen LogP contribution in [0, 0.1) is 0 Å². The van der Waals surface area contributed by atoms with Gasteiger partial charge in [-0.15, -0.1) is 5.10 Å². The maximum Gasteiger partial charge on any atom is 0.323 e. The number of anilines is 1. The molecule has 0 radical (unpaired) electrons. The quantitative estimate of drug-likeness (QED) is 0.819. The Morgan fingerprint density at radius 3 is 2.89 bits per heavy atom. The highest BCUT2D eigenvalue weighted by molar-refractivity contribution is 5.88. The number of nitrogens with zero attached hydrogens (tertiary/aromatic N) is 4. The molecule has 0 saturated heterocycles. The lowest BCUT2D eigenvalue weighted by molar-refractivity contribution is 0.212. The largest absolute Gasteiger partial charge is 0.323 e. The third-order valence-electron chi connectivity index (χ3n) is 2.82. The molecule has 6 heteroatoms. The molecule has 0 spiro atoms. The van der Waals surface area contributed by atoms with E-state index < -0.39 is 0 Å². The molecule has 0 fully saturated rings. The summed E-state index contributed by atoms with van der Waals surface area (Å²) in [6, 6.07) is 5.19. The van der Waals surface area contributed by atoms with Gasteiger partial charge in [-0.1, -0.05) is 0 Å². The number of carbonyl (C=O) groups is 1. The van der Waals surface area contributed by atoms with E-state index in [1.165, 1.54) is 0 Å². The van der Waals surface area contributed by atoms with E-state index in [9.17, 15) is 4.79 Å². The van der Waals surface area contributed by atoms with Crippen molar-refractivity contribution in [3.05, 3.63) is 47.9 Å². The second-order valence-electron chi connectivity index (χ2n) is 4.04. The van der Waals surface area contributed by atoms with Crippen LogP contribution in [0.1, 0.15) is 11.1 Å². The van der Waals surface area contributed by atoms with Crippen LogP contribution in [0.3, 0.4) is 0 Å². The third-order valence-corrected chi connectivity index (χ3v) is 2.82. The first-order valence-electron chi connectivity index (χ1n) is 5.58. The second-order valence-corrected chi connectivity index (χ2v) is 4.04.